The molecule has 0 aromatic carbocycles. The van der Waals surface area contributed by atoms with Crippen LogP contribution in [0.4, 0.5) is 0 Å². The molecule has 0 bridgehead atoms. The predicted octanol–water partition coefficient (Wildman–Crippen LogP) is 1.36. The molecule has 1 saturated heterocycles. The second kappa shape index (κ2) is 5.02. The number of aryl methyl sites for hydroxylation is 1. The minimum Gasteiger partial charge on any atom is -0.376 e. The van der Waals surface area contributed by atoms with Gasteiger partial charge in [0.15, 0.2) is 0 Å². The summed E-state index contributed by atoms with van der Waals surface area (Å²) in [7, 11) is 0. The molecule has 1 aromatic heterocycles. The molecule has 2 unspecified atom stereocenters. The van der Waals surface area contributed by atoms with Gasteiger partial charge in [-0.2, -0.15) is 0 Å². The molecule has 4 nitrogen and oxygen atoms in total. The molecule has 1 fully saturated rings. The van der Waals surface area contributed by atoms with Crippen LogP contribution in [0.1, 0.15) is 37.1 Å². The van der Waals surface area contributed by atoms with Gasteiger partial charge in [-0.3, -0.25) is 4.79 Å². The lowest BCUT2D eigenvalue weighted by Crippen LogP contribution is -2.32. The van der Waals surface area contributed by atoms with Crippen LogP contribution in [0.15, 0.2) is 16.9 Å². The highest BCUT2D eigenvalue weighted by Gasteiger charge is 2.18. The summed E-state index contributed by atoms with van der Waals surface area (Å²) in [6.07, 6.45) is 2.30. The Morgan fingerprint density at radius 1 is 1.59 bits per heavy atom. The van der Waals surface area contributed by atoms with Crippen molar-refractivity contribution in [3.63, 3.8) is 0 Å². The fraction of sp³-hybridized carbons (Fsp3) is 0.615. The summed E-state index contributed by atoms with van der Waals surface area (Å²) in [6.45, 7) is 5.24. The zero-order valence-electron chi connectivity index (χ0n) is 10.5. The summed E-state index contributed by atoms with van der Waals surface area (Å²) in [4.78, 5) is 12.2. The van der Waals surface area contributed by atoms with Gasteiger partial charge in [-0.1, -0.05) is 6.07 Å². The Labute approximate surface area is 101 Å². The number of nitrogens with two attached hydrogens (primary N) is 1. The molecule has 0 aliphatic carbocycles. The van der Waals surface area contributed by atoms with Gasteiger partial charge in [-0.25, -0.2) is 0 Å². The van der Waals surface area contributed by atoms with E-state index in [0.717, 1.165) is 25.1 Å². The minimum atomic E-state index is -0.223. The van der Waals surface area contributed by atoms with Crippen LogP contribution < -0.4 is 11.3 Å². The molecule has 94 valence electrons. The van der Waals surface area contributed by atoms with E-state index in [0.29, 0.717) is 12.1 Å². The Hall–Kier alpha value is -1.13. The minimum absolute atomic E-state index is 0.0236. The van der Waals surface area contributed by atoms with E-state index in [1.54, 1.807) is 4.57 Å². The van der Waals surface area contributed by atoms with E-state index in [4.69, 9.17) is 10.5 Å². The van der Waals surface area contributed by atoms with Crippen LogP contribution in [-0.2, 0) is 11.3 Å². The first-order valence-electron chi connectivity index (χ1n) is 6.17. The average Bonchev–Trinajstić information content (AvgIpc) is 2.76. The van der Waals surface area contributed by atoms with Crippen molar-refractivity contribution in [1.29, 1.82) is 0 Å². The van der Waals surface area contributed by atoms with Crippen LogP contribution in [0, 0.1) is 6.92 Å². The smallest absolute Gasteiger partial charge is 0.255 e. The lowest BCUT2D eigenvalue weighted by Gasteiger charge is -2.16. The first-order chi connectivity index (χ1) is 8.09. The highest BCUT2D eigenvalue weighted by Crippen LogP contribution is 2.14. The van der Waals surface area contributed by atoms with Gasteiger partial charge in [0, 0.05) is 23.9 Å². The van der Waals surface area contributed by atoms with Gasteiger partial charge in [0.2, 0.25) is 0 Å². The number of pyridine rings is 1. The summed E-state index contributed by atoms with van der Waals surface area (Å²) in [5, 5.41) is 0. The quantitative estimate of drug-likeness (QED) is 0.862. The van der Waals surface area contributed by atoms with Crippen molar-refractivity contribution < 1.29 is 4.74 Å². The number of hydrogen-bond acceptors (Lipinski definition) is 3. The monoisotopic (exact) mass is 236 g/mol. The molecular formula is C13H20N2O2. The standard InChI is InChI=1S/C13H20N2O2/c1-9-5-6-12(10(2)14)13(16)15(9)8-11-4-3-7-17-11/h5-6,10-11H,3-4,7-8,14H2,1-2H3. The second-order valence-electron chi connectivity index (χ2n) is 4.77. The number of aromatic nitrogens is 1. The molecule has 0 saturated carbocycles. The van der Waals surface area contributed by atoms with Crippen molar-refractivity contribution in [2.75, 3.05) is 6.61 Å². The zero-order valence-corrected chi connectivity index (χ0v) is 10.5. The molecule has 2 N–H and O–H groups in total. The van der Waals surface area contributed by atoms with Crippen LogP contribution >= 0.6 is 0 Å². The maximum absolute atomic E-state index is 12.2. The van der Waals surface area contributed by atoms with Crippen LogP contribution in [0.5, 0.6) is 0 Å². The van der Waals surface area contributed by atoms with Crippen LogP contribution in [0.3, 0.4) is 0 Å². The third-order valence-corrected chi connectivity index (χ3v) is 3.32. The molecule has 4 heteroatoms. The highest BCUT2D eigenvalue weighted by atomic mass is 16.5. The molecule has 1 aliphatic rings. The fourth-order valence-electron chi connectivity index (χ4n) is 2.25. The lowest BCUT2D eigenvalue weighted by atomic mass is 10.1. The van der Waals surface area contributed by atoms with E-state index < -0.39 is 0 Å². The van der Waals surface area contributed by atoms with Crippen molar-refractivity contribution in [3.05, 3.63) is 33.7 Å². The molecule has 1 aliphatic heterocycles. The van der Waals surface area contributed by atoms with Crippen LogP contribution in [0.25, 0.3) is 0 Å². The number of hydrogen-bond donors (Lipinski definition) is 1. The van der Waals surface area contributed by atoms with Crippen LogP contribution in [0.2, 0.25) is 0 Å². The SMILES string of the molecule is Cc1ccc(C(C)N)c(=O)n1CC1CCCO1. The van der Waals surface area contributed by atoms with E-state index in [2.05, 4.69) is 0 Å². The molecule has 1 aromatic rings. The maximum atomic E-state index is 12.2. The van der Waals surface area contributed by atoms with Crippen molar-refractivity contribution >= 4 is 0 Å². The topological polar surface area (TPSA) is 57.2 Å². The Bertz CT molecular complexity index is 445. The van der Waals surface area contributed by atoms with E-state index >= 15 is 0 Å². The van der Waals surface area contributed by atoms with Crippen molar-refractivity contribution in [1.82, 2.24) is 4.57 Å². The van der Waals surface area contributed by atoms with Gasteiger partial charge in [0.05, 0.1) is 12.6 Å². The average molecular weight is 236 g/mol. The molecule has 0 radical (unpaired) electrons. The number of rotatable bonds is 3. The van der Waals surface area contributed by atoms with Gasteiger partial charge in [-0.15, -0.1) is 0 Å². The number of ether oxygens (including phenoxy) is 1. The molecule has 2 atom stereocenters. The molecular weight excluding hydrogens is 216 g/mol. The highest BCUT2D eigenvalue weighted by molar-refractivity contribution is 5.18. The lowest BCUT2D eigenvalue weighted by molar-refractivity contribution is 0.0955. The molecule has 2 heterocycles. The third kappa shape index (κ3) is 2.58. The van der Waals surface area contributed by atoms with E-state index in [1.165, 1.54) is 0 Å². The molecule has 17 heavy (non-hydrogen) atoms. The first kappa shape index (κ1) is 12.3. The molecule has 2 rings (SSSR count). The Morgan fingerprint density at radius 3 is 2.94 bits per heavy atom. The summed E-state index contributed by atoms with van der Waals surface area (Å²) >= 11 is 0. The first-order valence-corrected chi connectivity index (χ1v) is 6.17. The van der Waals surface area contributed by atoms with Gasteiger partial charge < -0.3 is 15.0 Å². The molecule has 0 amide bonds. The van der Waals surface area contributed by atoms with Gasteiger partial charge in [0.1, 0.15) is 0 Å². The van der Waals surface area contributed by atoms with Gasteiger partial charge in [-0.05, 0) is 32.8 Å². The van der Waals surface area contributed by atoms with E-state index in [-0.39, 0.29) is 17.7 Å². The normalized spacial score (nSPS) is 21.7. The number of nitrogens with zero attached hydrogens (tertiary/aromatic N) is 1. The summed E-state index contributed by atoms with van der Waals surface area (Å²) < 4.78 is 7.36. The van der Waals surface area contributed by atoms with E-state index in [9.17, 15) is 4.79 Å². The van der Waals surface area contributed by atoms with E-state index in [1.807, 2.05) is 26.0 Å². The molecule has 0 spiro atoms. The predicted molar refractivity (Wildman–Crippen MR) is 67.0 cm³/mol. The van der Waals surface area contributed by atoms with Crippen LogP contribution in [-0.4, -0.2) is 17.3 Å². The zero-order chi connectivity index (χ0) is 12.4. The van der Waals surface area contributed by atoms with Crippen molar-refractivity contribution in [2.24, 2.45) is 5.73 Å². The largest absolute Gasteiger partial charge is 0.376 e. The van der Waals surface area contributed by atoms with Crippen molar-refractivity contribution in [3.8, 4) is 0 Å². The Balaban J connectivity index is 2.31. The fourth-order valence-corrected chi connectivity index (χ4v) is 2.25. The summed E-state index contributed by atoms with van der Waals surface area (Å²) in [6, 6.07) is 3.56. The summed E-state index contributed by atoms with van der Waals surface area (Å²) in [5.41, 5.74) is 7.46. The summed E-state index contributed by atoms with van der Waals surface area (Å²) in [5.74, 6) is 0. The Kier molecular flexibility index (Phi) is 3.64. The second-order valence-corrected chi connectivity index (χ2v) is 4.77. The van der Waals surface area contributed by atoms with Gasteiger partial charge in [0.25, 0.3) is 5.56 Å². The Morgan fingerprint density at radius 2 is 2.35 bits per heavy atom. The third-order valence-electron chi connectivity index (χ3n) is 3.32. The van der Waals surface area contributed by atoms with Crippen molar-refractivity contribution in [2.45, 2.75) is 45.4 Å². The van der Waals surface area contributed by atoms with Gasteiger partial charge >= 0.3 is 0 Å². The maximum Gasteiger partial charge on any atom is 0.255 e.